The summed E-state index contributed by atoms with van der Waals surface area (Å²) in [6, 6.07) is 11.1. The Labute approximate surface area is 145 Å². The van der Waals surface area contributed by atoms with Crippen LogP contribution < -0.4 is 15.4 Å². The van der Waals surface area contributed by atoms with Crippen LogP contribution in [0.1, 0.15) is 22.8 Å². The molecule has 1 aromatic heterocycles. The highest BCUT2D eigenvalue weighted by Crippen LogP contribution is 2.31. The van der Waals surface area contributed by atoms with E-state index in [-0.39, 0.29) is 12.0 Å². The summed E-state index contributed by atoms with van der Waals surface area (Å²) in [4.78, 5) is 21.0. The Balaban J connectivity index is 1.59. The van der Waals surface area contributed by atoms with Crippen LogP contribution in [0.25, 0.3) is 10.9 Å². The van der Waals surface area contributed by atoms with Gasteiger partial charge in [-0.25, -0.2) is 9.97 Å². The number of hydrogen-bond acceptors (Lipinski definition) is 5. The summed E-state index contributed by atoms with van der Waals surface area (Å²) in [7, 11) is 1.81. The van der Waals surface area contributed by atoms with Gasteiger partial charge in [-0.05, 0) is 48.9 Å². The van der Waals surface area contributed by atoms with E-state index in [1.165, 1.54) is 6.33 Å². The highest BCUT2D eigenvalue weighted by molar-refractivity contribution is 6.06. The number of hydrogen-bond donors (Lipinski definition) is 2. The summed E-state index contributed by atoms with van der Waals surface area (Å²) < 4.78 is 5.69. The van der Waals surface area contributed by atoms with E-state index in [1.807, 2.05) is 31.2 Å². The summed E-state index contributed by atoms with van der Waals surface area (Å²) in [5.41, 5.74) is 3.16. The number of amides is 1. The first-order valence-electron chi connectivity index (χ1n) is 8.17. The third kappa shape index (κ3) is 2.87. The van der Waals surface area contributed by atoms with Crippen molar-refractivity contribution in [2.24, 2.45) is 0 Å². The van der Waals surface area contributed by atoms with Crippen molar-refractivity contribution in [3.63, 3.8) is 0 Å². The van der Waals surface area contributed by atoms with E-state index in [0.29, 0.717) is 5.56 Å². The minimum absolute atomic E-state index is 0.168. The number of carbonyl (C=O) groups excluding carboxylic acids is 1. The molecule has 0 radical (unpaired) electrons. The van der Waals surface area contributed by atoms with Crippen molar-refractivity contribution in [1.29, 1.82) is 0 Å². The Bertz CT molecular complexity index is 971. The van der Waals surface area contributed by atoms with Crippen LogP contribution in [0.5, 0.6) is 5.75 Å². The Hall–Kier alpha value is -3.15. The van der Waals surface area contributed by atoms with Crippen molar-refractivity contribution in [2.75, 3.05) is 17.7 Å². The van der Waals surface area contributed by atoms with Gasteiger partial charge >= 0.3 is 0 Å². The van der Waals surface area contributed by atoms with Crippen molar-refractivity contribution < 1.29 is 9.53 Å². The van der Waals surface area contributed by atoms with Gasteiger partial charge in [0.2, 0.25) is 0 Å². The predicted molar refractivity (Wildman–Crippen MR) is 97.3 cm³/mol. The lowest BCUT2D eigenvalue weighted by atomic mass is 10.1. The van der Waals surface area contributed by atoms with Gasteiger partial charge in [-0.2, -0.15) is 0 Å². The predicted octanol–water partition coefficient (Wildman–Crippen LogP) is 3.25. The number of ether oxygens (including phenoxy) is 1. The lowest BCUT2D eigenvalue weighted by Gasteiger charge is -2.09. The molecule has 6 heteroatoms. The van der Waals surface area contributed by atoms with Gasteiger partial charge in [-0.1, -0.05) is 0 Å². The van der Waals surface area contributed by atoms with Crippen LogP contribution >= 0.6 is 0 Å². The molecule has 0 saturated carbocycles. The van der Waals surface area contributed by atoms with Crippen molar-refractivity contribution in [3.8, 4) is 5.75 Å². The second-order valence-electron chi connectivity index (χ2n) is 6.11. The molecule has 4 rings (SSSR count). The largest absolute Gasteiger partial charge is 0.490 e. The zero-order valence-electron chi connectivity index (χ0n) is 14.0. The number of aromatic nitrogens is 2. The molecule has 2 heterocycles. The standard InChI is InChI=1S/C19H18N4O2/c1-11-7-13-8-14(4-6-17(13)25-11)23-19(24)12-3-5-15-16(9-12)21-10-22-18(15)20-2/h3-6,8-11H,7H2,1-2H3,(H,23,24)(H,20,21,22). The third-order valence-electron chi connectivity index (χ3n) is 4.29. The van der Waals surface area contributed by atoms with Gasteiger partial charge in [0.05, 0.1) is 5.52 Å². The summed E-state index contributed by atoms with van der Waals surface area (Å²) >= 11 is 0. The van der Waals surface area contributed by atoms with Crippen LogP contribution in [0.4, 0.5) is 11.5 Å². The SMILES string of the molecule is CNc1ncnc2cc(C(=O)Nc3ccc4c(c3)CC(C)O4)ccc12. The van der Waals surface area contributed by atoms with Gasteiger partial charge in [0.15, 0.2) is 0 Å². The molecule has 0 spiro atoms. The van der Waals surface area contributed by atoms with Crippen LogP contribution in [0, 0.1) is 0 Å². The molecule has 1 unspecified atom stereocenters. The first-order valence-corrected chi connectivity index (χ1v) is 8.17. The number of fused-ring (bicyclic) bond motifs is 2. The molecular formula is C19H18N4O2. The Morgan fingerprint density at radius 1 is 1.20 bits per heavy atom. The van der Waals surface area contributed by atoms with Crippen molar-refractivity contribution in [1.82, 2.24) is 9.97 Å². The molecule has 1 atom stereocenters. The molecule has 6 nitrogen and oxygen atoms in total. The molecule has 0 bridgehead atoms. The van der Waals surface area contributed by atoms with Crippen LogP contribution in [-0.4, -0.2) is 29.0 Å². The van der Waals surface area contributed by atoms with Crippen LogP contribution in [-0.2, 0) is 6.42 Å². The molecule has 25 heavy (non-hydrogen) atoms. The van der Waals surface area contributed by atoms with E-state index >= 15 is 0 Å². The minimum atomic E-state index is -0.168. The first-order chi connectivity index (χ1) is 12.1. The third-order valence-corrected chi connectivity index (χ3v) is 4.29. The lowest BCUT2D eigenvalue weighted by Crippen LogP contribution is -2.12. The van der Waals surface area contributed by atoms with E-state index in [4.69, 9.17) is 4.74 Å². The second-order valence-corrected chi connectivity index (χ2v) is 6.11. The second kappa shape index (κ2) is 6.05. The quantitative estimate of drug-likeness (QED) is 0.769. The van der Waals surface area contributed by atoms with E-state index < -0.39 is 0 Å². The van der Waals surface area contributed by atoms with Crippen LogP contribution in [0.3, 0.4) is 0 Å². The molecule has 3 aromatic rings. The number of rotatable bonds is 3. The Morgan fingerprint density at radius 2 is 2.08 bits per heavy atom. The number of carbonyl (C=O) groups is 1. The number of anilines is 2. The average molecular weight is 334 g/mol. The molecule has 1 aliphatic rings. The maximum atomic E-state index is 12.6. The first kappa shape index (κ1) is 15.4. The topological polar surface area (TPSA) is 76.1 Å². The molecule has 1 aliphatic heterocycles. The molecule has 126 valence electrons. The lowest BCUT2D eigenvalue weighted by molar-refractivity contribution is 0.102. The Morgan fingerprint density at radius 3 is 2.92 bits per heavy atom. The molecular weight excluding hydrogens is 316 g/mol. The van der Waals surface area contributed by atoms with Gasteiger partial charge in [-0.15, -0.1) is 0 Å². The highest BCUT2D eigenvalue weighted by Gasteiger charge is 2.19. The number of benzene rings is 2. The van der Waals surface area contributed by atoms with Crippen molar-refractivity contribution >= 4 is 28.3 Å². The average Bonchev–Trinajstić information content (AvgIpc) is 3.00. The van der Waals surface area contributed by atoms with Crippen molar-refractivity contribution in [2.45, 2.75) is 19.4 Å². The fraction of sp³-hybridized carbons (Fsp3) is 0.211. The zero-order valence-corrected chi connectivity index (χ0v) is 14.0. The monoisotopic (exact) mass is 334 g/mol. The molecule has 2 N–H and O–H groups in total. The highest BCUT2D eigenvalue weighted by atomic mass is 16.5. The zero-order chi connectivity index (χ0) is 17.4. The maximum Gasteiger partial charge on any atom is 0.255 e. The fourth-order valence-electron chi connectivity index (χ4n) is 3.10. The maximum absolute atomic E-state index is 12.6. The van der Waals surface area contributed by atoms with E-state index in [1.54, 1.807) is 19.2 Å². The summed E-state index contributed by atoms with van der Waals surface area (Å²) in [5, 5.41) is 6.84. The fourth-order valence-corrected chi connectivity index (χ4v) is 3.10. The molecule has 0 fully saturated rings. The van der Waals surface area contributed by atoms with Gasteiger partial charge < -0.3 is 15.4 Å². The van der Waals surface area contributed by atoms with Crippen LogP contribution in [0.2, 0.25) is 0 Å². The molecule has 0 saturated heterocycles. The normalized spacial score (nSPS) is 15.5. The van der Waals surface area contributed by atoms with E-state index in [9.17, 15) is 4.79 Å². The van der Waals surface area contributed by atoms with E-state index in [0.717, 1.165) is 40.1 Å². The molecule has 2 aromatic carbocycles. The van der Waals surface area contributed by atoms with E-state index in [2.05, 4.69) is 20.6 Å². The minimum Gasteiger partial charge on any atom is -0.490 e. The van der Waals surface area contributed by atoms with Gasteiger partial charge in [-0.3, -0.25) is 4.79 Å². The smallest absolute Gasteiger partial charge is 0.255 e. The van der Waals surface area contributed by atoms with Crippen molar-refractivity contribution in [3.05, 3.63) is 53.9 Å². The Kier molecular flexibility index (Phi) is 3.72. The number of nitrogens with zero attached hydrogens (tertiary/aromatic N) is 2. The van der Waals surface area contributed by atoms with Gasteiger partial charge in [0, 0.05) is 30.1 Å². The number of nitrogens with one attached hydrogen (secondary N) is 2. The van der Waals surface area contributed by atoms with Gasteiger partial charge in [0.1, 0.15) is 24.0 Å². The van der Waals surface area contributed by atoms with Gasteiger partial charge in [0.25, 0.3) is 5.91 Å². The molecule has 0 aliphatic carbocycles. The summed E-state index contributed by atoms with van der Waals surface area (Å²) in [6.45, 7) is 2.04. The summed E-state index contributed by atoms with van der Waals surface area (Å²) in [6.07, 6.45) is 2.53. The summed E-state index contributed by atoms with van der Waals surface area (Å²) in [5.74, 6) is 1.47. The molecule has 1 amide bonds. The van der Waals surface area contributed by atoms with Crippen LogP contribution in [0.15, 0.2) is 42.7 Å².